The minimum Gasteiger partial charge on any atom is -0.335 e. The van der Waals surface area contributed by atoms with Crippen molar-refractivity contribution in [3.05, 3.63) is 69.7 Å². The van der Waals surface area contributed by atoms with Crippen LogP contribution in [0.1, 0.15) is 28.7 Å². The minimum absolute atomic E-state index is 0.0819. The van der Waals surface area contributed by atoms with E-state index in [0.717, 1.165) is 48.7 Å². The molecule has 5 rings (SSSR count). The van der Waals surface area contributed by atoms with Crippen LogP contribution in [0.2, 0.25) is 10.0 Å². The molecule has 8 nitrogen and oxygen atoms in total. The summed E-state index contributed by atoms with van der Waals surface area (Å²) in [6.45, 7) is 8.38. The molecule has 0 atom stereocenters. The molecule has 3 aromatic heterocycles. The van der Waals surface area contributed by atoms with Crippen molar-refractivity contribution in [2.45, 2.75) is 26.9 Å². The average Bonchev–Trinajstić information content (AvgIpc) is 3.44. The third-order valence-electron chi connectivity index (χ3n) is 6.32. The topological polar surface area (TPSA) is 71.6 Å². The Bertz CT molecular complexity index is 1350. The molecule has 0 N–H and O–H groups in total. The van der Waals surface area contributed by atoms with Gasteiger partial charge in [0.1, 0.15) is 0 Å². The van der Waals surface area contributed by atoms with Gasteiger partial charge < -0.3 is 4.90 Å². The molecule has 34 heavy (non-hydrogen) atoms. The summed E-state index contributed by atoms with van der Waals surface area (Å²) in [5.74, 6) is -0.0819. The van der Waals surface area contributed by atoms with E-state index in [1.165, 1.54) is 0 Å². The summed E-state index contributed by atoms with van der Waals surface area (Å²) in [5.41, 5.74) is 4.97. The Labute approximate surface area is 207 Å². The molecule has 0 radical (unpaired) electrons. The van der Waals surface area contributed by atoms with Gasteiger partial charge in [-0.3, -0.25) is 14.4 Å². The predicted molar refractivity (Wildman–Crippen MR) is 132 cm³/mol. The van der Waals surface area contributed by atoms with Crippen molar-refractivity contribution in [1.82, 2.24) is 34.2 Å². The zero-order valence-corrected chi connectivity index (χ0v) is 20.6. The second kappa shape index (κ2) is 9.37. The van der Waals surface area contributed by atoms with Gasteiger partial charge >= 0.3 is 0 Å². The molecule has 1 aliphatic rings. The second-order valence-corrected chi connectivity index (χ2v) is 9.24. The highest BCUT2D eigenvalue weighted by Crippen LogP contribution is 2.25. The van der Waals surface area contributed by atoms with Crippen LogP contribution in [0.15, 0.2) is 42.7 Å². The highest BCUT2D eigenvalue weighted by Gasteiger charge is 2.25. The van der Waals surface area contributed by atoms with Crippen LogP contribution in [0.25, 0.3) is 16.9 Å². The highest BCUT2D eigenvalue weighted by atomic mass is 35.5. The number of fused-ring (bicyclic) bond motifs is 1. The van der Waals surface area contributed by atoms with Crippen molar-refractivity contribution in [1.29, 1.82) is 0 Å². The zero-order chi connectivity index (χ0) is 23.8. The van der Waals surface area contributed by atoms with Crippen LogP contribution < -0.4 is 0 Å². The Hall–Kier alpha value is -2.94. The summed E-state index contributed by atoms with van der Waals surface area (Å²) < 4.78 is 3.67. The fourth-order valence-electron chi connectivity index (χ4n) is 4.38. The van der Waals surface area contributed by atoms with Crippen molar-refractivity contribution in [3.8, 4) is 11.3 Å². The largest absolute Gasteiger partial charge is 0.335 e. The first-order valence-electron chi connectivity index (χ1n) is 11.3. The first kappa shape index (κ1) is 22.8. The minimum atomic E-state index is -0.0819. The maximum Gasteiger partial charge on any atom is 0.274 e. The number of carbonyl (C=O) groups excluding carboxylic acids is 1. The Kier molecular flexibility index (Phi) is 6.29. The highest BCUT2D eigenvalue weighted by molar-refractivity contribution is 6.35. The Balaban J connectivity index is 1.31. The molecule has 10 heteroatoms. The average molecular weight is 498 g/mol. The zero-order valence-electron chi connectivity index (χ0n) is 19.1. The van der Waals surface area contributed by atoms with Gasteiger partial charge in [-0.25, -0.2) is 9.50 Å². The standard InChI is InChI=1S/C24H25Cl2N7O/c1-3-32-16(2)19(14-28-32)22-6-7-27-23-13-21(29-33(22)23)24(34)31-10-8-30(9-11-31)15-17-4-5-18(25)12-20(17)26/h4-7,12-14H,3,8-11,15H2,1-2H3. The van der Waals surface area contributed by atoms with E-state index in [9.17, 15) is 4.79 Å². The number of halogens is 2. The van der Waals surface area contributed by atoms with Gasteiger partial charge in [-0.05, 0) is 37.6 Å². The lowest BCUT2D eigenvalue weighted by Crippen LogP contribution is -2.48. The number of piperazine rings is 1. The molecular weight excluding hydrogens is 473 g/mol. The number of aryl methyl sites for hydroxylation is 1. The maximum atomic E-state index is 13.2. The van der Waals surface area contributed by atoms with E-state index in [4.69, 9.17) is 23.2 Å². The van der Waals surface area contributed by atoms with Crippen LogP contribution in [0.5, 0.6) is 0 Å². The number of nitrogens with zero attached hydrogens (tertiary/aromatic N) is 7. The third kappa shape index (κ3) is 4.29. The van der Waals surface area contributed by atoms with E-state index in [0.29, 0.717) is 34.5 Å². The van der Waals surface area contributed by atoms with Crippen LogP contribution in [0.4, 0.5) is 0 Å². The molecule has 176 valence electrons. The molecule has 1 fully saturated rings. The fraction of sp³-hybridized carbons (Fsp3) is 0.333. The summed E-state index contributed by atoms with van der Waals surface area (Å²) in [5, 5.41) is 10.4. The SMILES string of the molecule is CCn1ncc(-c2ccnc3cc(C(=O)N4CCN(Cc5ccc(Cl)cc5Cl)CC4)nn23)c1C. The van der Waals surface area contributed by atoms with Crippen molar-refractivity contribution in [3.63, 3.8) is 0 Å². The summed E-state index contributed by atoms with van der Waals surface area (Å²) in [7, 11) is 0. The number of hydrogen-bond donors (Lipinski definition) is 0. The van der Waals surface area contributed by atoms with Gasteiger partial charge in [-0.2, -0.15) is 10.2 Å². The maximum absolute atomic E-state index is 13.2. The van der Waals surface area contributed by atoms with Gasteiger partial charge in [0.15, 0.2) is 11.3 Å². The predicted octanol–water partition coefficient (Wildman–Crippen LogP) is 4.19. The molecule has 1 amide bonds. The summed E-state index contributed by atoms with van der Waals surface area (Å²) in [4.78, 5) is 21.8. The van der Waals surface area contributed by atoms with Crippen molar-refractivity contribution in [2.24, 2.45) is 0 Å². The van der Waals surface area contributed by atoms with E-state index in [-0.39, 0.29) is 5.91 Å². The van der Waals surface area contributed by atoms with Crippen molar-refractivity contribution < 1.29 is 4.79 Å². The van der Waals surface area contributed by atoms with E-state index in [2.05, 4.69) is 27.0 Å². The Morgan fingerprint density at radius 3 is 2.59 bits per heavy atom. The Morgan fingerprint density at radius 1 is 1.09 bits per heavy atom. The fourth-order valence-corrected chi connectivity index (χ4v) is 4.85. The van der Waals surface area contributed by atoms with Crippen LogP contribution >= 0.6 is 23.2 Å². The van der Waals surface area contributed by atoms with E-state index >= 15 is 0 Å². The number of amides is 1. The summed E-state index contributed by atoms with van der Waals surface area (Å²) in [6.07, 6.45) is 3.58. The van der Waals surface area contributed by atoms with E-state index < -0.39 is 0 Å². The quantitative estimate of drug-likeness (QED) is 0.413. The van der Waals surface area contributed by atoms with Gasteiger partial charge in [0.2, 0.25) is 0 Å². The first-order valence-corrected chi connectivity index (χ1v) is 12.0. The second-order valence-electron chi connectivity index (χ2n) is 8.39. The molecule has 0 spiro atoms. The molecule has 0 saturated carbocycles. The number of hydrogen-bond acceptors (Lipinski definition) is 5. The van der Waals surface area contributed by atoms with E-state index in [1.807, 2.05) is 40.9 Å². The normalized spacial score (nSPS) is 14.8. The number of benzene rings is 1. The lowest BCUT2D eigenvalue weighted by Gasteiger charge is -2.34. The van der Waals surface area contributed by atoms with Crippen molar-refractivity contribution >= 4 is 34.8 Å². The molecule has 1 aromatic carbocycles. The number of carbonyl (C=O) groups is 1. The molecule has 0 unspecified atom stereocenters. The molecular formula is C24H25Cl2N7O. The lowest BCUT2D eigenvalue weighted by molar-refractivity contribution is 0.0622. The molecule has 1 aliphatic heterocycles. The lowest BCUT2D eigenvalue weighted by atomic mass is 10.2. The van der Waals surface area contributed by atoms with Crippen LogP contribution in [-0.4, -0.2) is 66.3 Å². The summed E-state index contributed by atoms with van der Waals surface area (Å²) >= 11 is 12.3. The number of rotatable bonds is 5. The van der Waals surface area contributed by atoms with Gasteiger partial charge in [0, 0.05) is 72.8 Å². The van der Waals surface area contributed by atoms with Crippen molar-refractivity contribution in [2.75, 3.05) is 26.2 Å². The van der Waals surface area contributed by atoms with Gasteiger partial charge in [0.05, 0.1) is 11.9 Å². The van der Waals surface area contributed by atoms with E-state index in [1.54, 1.807) is 22.8 Å². The molecule has 0 aliphatic carbocycles. The van der Waals surface area contributed by atoms with Crippen LogP contribution in [0.3, 0.4) is 0 Å². The smallest absolute Gasteiger partial charge is 0.274 e. The van der Waals surface area contributed by atoms with Gasteiger partial charge in [-0.1, -0.05) is 29.3 Å². The molecule has 4 aromatic rings. The third-order valence-corrected chi connectivity index (χ3v) is 6.91. The van der Waals surface area contributed by atoms with Gasteiger partial charge in [0.25, 0.3) is 5.91 Å². The van der Waals surface area contributed by atoms with Crippen LogP contribution in [0, 0.1) is 6.92 Å². The Morgan fingerprint density at radius 2 is 1.88 bits per heavy atom. The molecule has 0 bridgehead atoms. The first-order chi connectivity index (χ1) is 16.4. The molecule has 4 heterocycles. The monoisotopic (exact) mass is 497 g/mol. The number of aromatic nitrogens is 5. The molecule has 1 saturated heterocycles. The van der Waals surface area contributed by atoms with Crippen LogP contribution in [-0.2, 0) is 13.1 Å². The summed E-state index contributed by atoms with van der Waals surface area (Å²) in [6, 6.07) is 9.22. The van der Waals surface area contributed by atoms with Gasteiger partial charge in [-0.15, -0.1) is 0 Å².